The molecule has 0 spiro atoms. The van der Waals surface area contributed by atoms with Gasteiger partial charge < -0.3 is 0 Å². The Hall–Kier alpha value is -2.00. The molecular formula is C16H12O2S. The van der Waals surface area contributed by atoms with Crippen LogP contribution in [0.1, 0.15) is 34.6 Å². The first kappa shape index (κ1) is 12.1. The first-order valence-electron chi connectivity index (χ1n) is 6.04. The van der Waals surface area contributed by atoms with E-state index in [0.717, 1.165) is 31.3 Å². The van der Waals surface area contributed by atoms with Crippen LogP contribution in [0.15, 0.2) is 36.4 Å². The third-order valence-electron chi connectivity index (χ3n) is 3.29. The van der Waals surface area contributed by atoms with Crippen LogP contribution in [0.2, 0.25) is 0 Å². The number of hydrogen-bond acceptors (Lipinski definition) is 3. The summed E-state index contributed by atoms with van der Waals surface area (Å²) < 4.78 is 2.17. The smallest absolute Gasteiger partial charge is 0.159 e. The lowest BCUT2D eigenvalue weighted by atomic mass is 10.1. The van der Waals surface area contributed by atoms with Gasteiger partial charge in [-0.05, 0) is 26.0 Å². The maximum absolute atomic E-state index is 11.4. The number of rotatable bonds is 2. The molecule has 3 heteroatoms. The highest BCUT2D eigenvalue weighted by Crippen LogP contribution is 2.35. The van der Waals surface area contributed by atoms with Gasteiger partial charge in [0.1, 0.15) is 0 Å². The lowest BCUT2D eigenvalue weighted by Gasteiger charge is -1.96. The van der Waals surface area contributed by atoms with E-state index in [1.165, 1.54) is 0 Å². The van der Waals surface area contributed by atoms with E-state index in [1.54, 1.807) is 25.2 Å². The van der Waals surface area contributed by atoms with E-state index in [1.807, 2.05) is 36.4 Å². The molecule has 2 nitrogen and oxygen atoms in total. The number of fused-ring (bicyclic) bond motifs is 3. The van der Waals surface area contributed by atoms with E-state index in [2.05, 4.69) is 0 Å². The van der Waals surface area contributed by atoms with Crippen LogP contribution in [0.5, 0.6) is 0 Å². The summed E-state index contributed by atoms with van der Waals surface area (Å²) in [6, 6.07) is 11.5. The molecule has 0 bridgehead atoms. The van der Waals surface area contributed by atoms with Crippen LogP contribution in [-0.4, -0.2) is 11.6 Å². The Balaban J connectivity index is 2.31. The summed E-state index contributed by atoms with van der Waals surface area (Å²) in [5, 5.41) is 2.28. The molecule has 0 saturated heterocycles. The summed E-state index contributed by atoms with van der Waals surface area (Å²) in [5.74, 6) is 0.146. The van der Waals surface area contributed by atoms with Crippen LogP contribution in [-0.2, 0) is 0 Å². The number of benzene rings is 2. The maximum atomic E-state index is 11.4. The van der Waals surface area contributed by atoms with E-state index < -0.39 is 0 Å². The van der Waals surface area contributed by atoms with Crippen molar-refractivity contribution in [2.45, 2.75) is 13.8 Å². The topological polar surface area (TPSA) is 34.1 Å². The summed E-state index contributed by atoms with van der Waals surface area (Å²) in [7, 11) is 0. The van der Waals surface area contributed by atoms with Crippen LogP contribution >= 0.6 is 11.3 Å². The zero-order valence-corrected chi connectivity index (χ0v) is 11.5. The molecule has 0 saturated carbocycles. The monoisotopic (exact) mass is 268 g/mol. The largest absolute Gasteiger partial charge is 0.295 e. The van der Waals surface area contributed by atoms with Crippen molar-refractivity contribution in [1.82, 2.24) is 0 Å². The molecular weight excluding hydrogens is 256 g/mol. The highest BCUT2D eigenvalue weighted by molar-refractivity contribution is 7.25. The maximum Gasteiger partial charge on any atom is 0.159 e. The fourth-order valence-corrected chi connectivity index (χ4v) is 3.40. The molecule has 3 aromatic rings. The van der Waals surface area contributed by atoms with Crippen LogP contribution in [0.25, 0.3) is 20.2 Å². The molecule has 2 aromatic carbocycles. The second-order valence-corrected chi connectivity index (χ2v) is 5.72. The quantitative estimate of drug-likeness (QED) is 0.643. The van der Waals surface area contributed by atoms with Gasteiger partial charge >= 0.3 is 0 Å². The minimum absolute atomic E-state index is 0.0729. The summed E-state index contributed by atoms with van der Waals surface area (Å²) in [6.45, 7) is 3.14. The molecule has 0 amide bonds. The van der Waals surface area contributed by atoms with Gasteiger partial charge in [-0.1, -0.05) is 24.3 Å². The summed E-state index contributed by atoms with van der Waals surface area (Å²) in [6.07, 6.45) is 0. The van der Waals surface area contributed by atoms with Crippen LogP contribution < -0.4 is 0 Å². The first-order chi connectivity index (χ1) is 9.06. The molecule has 0 fully saturated rings. The molecule has 19 heavy (non-hydrogen) atoms. The average Bonchev–Trinajstić information content (AvgIpc) is 2.74. The van der Waals surface area contributed by atoms with Crippen molar-refractivity contribution in [2.24, 2.45) is 0 Å². The zero-order valence-electron chi connectivity index (χ0n) is 10.7. The van der Waals surface area contributed by atoms with E-state index in [9.17, 15) is 9.59 Å². The van der Waals surface area contributed by atoms with Crippen molar-refractivity contribution in [3.8, 4) is 0 Å². The molecule has 1 heterocycles. The highest BCUT2D eigenvalue weighted by atomic mass is 32.1. The van der Waals surface area contributed by atoms with Gasteiger partial charge in [-0.25, -0.2) is 0 Å². The average molecular weight is 268 g/mol. The molecule has 0 N–H and O–H groups in total. The lowest BCUT2D eigenvalue weighted by Crippen LogP contribution is -1.90. The van der Waals surface area contributed by atoms with E-state index >= 15 is 0 Å². The SMILES string of the molecule is CC(=O)c1ccc2c(c1)sc1cc(C(C)=O)ccc12. The molecule has 94 valence electrons. The predicted octanol–water partition coefficient (Wildman–Crippen LogP) is 4.46. The molecule has 0 aliphatic rings. The van der Waals surface area contributed by atoms with Gasteiger partial charge in [0.05, 0.1) is 0 Å². The Morgan fingerprint density at radius 3 is 1.58 bits per heavy atom. The van der Waals surface area contributed by atoms with Gasteiger partial charge in [0.2, 0.25) is 0 Å². The first-order valence-corrected chi connectivity index (χ1v) is 6.86. The number of thiophene rings is 1. The van der Waals surface area contributed by atoms with Crippen LogP contribution in [0.4, 0.5) is 0 Å². The lowest BCUT2D eigenvalue weighted by molar-refractivity contribution is 0.100. The summed E-state index contributed by atoms with van der Waals surface area (Å²) in [5.41, 5.74) is 1.46. The number of Topliss-reactive ketones (excluding diaryl/α,β-unsaturated/α-hetero) is 2. The standard InChI is InChI=1S/C16H12O2S/c1-9(17)11-3-5-13-14-6-4-12(10(2)18)8-16(14)19-15(13)7-11/h3-8H,1-2H3. The van der Waals surface area contributed by atoms with Crippen molar-refractivity contribution in [1.29, 1.82) is 0 Å². The van der Waals surface area contributed by atoms with Crippen LogP contribution in [0, 0.1) is 0 Å². The molecule has 3 rings (SSSR count). The number of carbonyl (C=O) groups excluding carboxylic acids is 2. The number of hydrogen-bond donors (Lipinski definition) is 0. The van der Waals surface area contributed by atoms with E-state index in [0.29, 0.717) is 0 Å². The minimum atomic E-state index is 0.0729. The molecule has 0 unspecified atom stereocenters. The third-order valence-corrected chi connectivity index (χ3v) is 4.40. The predicted molar refractivity (Wildman–Crippen MR) is 79.3 cm³/mol. The third kappa shape index (κ3) is 1.96. The van der Waals surface area contributed by atoms with Crippen molar-refractivity contribution in [3.63, 3.8) is 0 Å². The van der Waals surface area contributed by atoms with Crippen molar-refractivity contribution < 1.29 is 9.59 Å². The molecule has 1 aromatic heterocycles. The Morgan fingerprint density at radius 2 is 1.21 bits per heavy atom. The molecule has 0 atom stereocenters. The van der Waals surface area contributed by atoms with E-state index in [-0.39, 0.29) is 11.6 Å². The van der Waals surface area contributed by atoms with Crippen molar-refractivity contribution in [3.05, 3.63) is 47.5 Å². The van der Waals surface area contributed by atoms with Crippen molar-refractivity contribution >= 4 is 43.1 Å². The minimum Gasteiger partial charge on any atom is -0.295 e. The zero-order chi connectivity index (χ0) is 13.6. The van der Waals surface area contributed by atoms with Crippen LogP contribution in [0.3, 0.4) is 0 Å². The summed E-state index contributed by atoms with van der Waals surface area (Å²) >= 11 is 1.62. The highest BCUT2D eigenvalue weighted by Gasteiger charge is 2.09. The second kappa shape index (κ2) is 4.28. The van der Waals surface area contributed by atoms with Gasteiger partial charge in [-0.3, -0.25) is 9.59 Å². The second-order valence-electron chi connectivity index (χ2n) is 4.64. The summed E-state index contributed by atoms with van der Waals surface area (Å²) in [4.78, 5) is 22.8. The fraction of sp³-hybridized carbons (Fsp3) is 0.125. The van der Waals surface area contributed by atoms with Gasteiger partial charge in [0.25, 0.3) is 0 Å². The van der Waals surface area contributed by atoms with Gasteiger partial charge in [0.15, 0.2) is 11.6 Å². The molecule has 0 radical (unpaired) electrons. The fourth-order valence-electron chi connectivity index (χ4n) is 2.22. The number of ketones is 2. The van der Waals surface area contributed by atoms with Gasteiger partial charge in [-0.15, -0.1) is 11.3 Å². The Morgan fingerprint density at radius 1 is 0.789 bits per heavy atom. The number of carbonyl (C=O) groups is 2. The van der Waals surface area contributed by atoms with E-state index in [4.69, 9.17) is 0 Å². The Bertz CT molecular complexity index is 759. The molecule has 0 aliphatic carbocycles. The Labute approximate surface area is 114 Å². The molecule has 0 aliphatic heterocycles. The van der Waals surface area contributed by atoms with Gasteiger partial charge in [-0.2, -0.15) is 0 Å². The Kier molecular flexibility index (Phi) is 2.72. The van der Waals surface area contributed by atoms with Crippen molar-refractivity contribution in [2.75, 3.05) is 0 Å². The normalized spacial score (nSPS) is 11.1. The van der Waals surface area contributed by atoms with Gasteiger partial charge in [0, 0.05) is 31.3 Å².